The summed E-state index contributed by atoms with van der Waals surface area (Å²) in [4.78, 5) is 33.7. The van der Waals surface area contributed by atoms with Gasteiger partial charge in [0.25, 0.3) is 0 Å². The average molecular weight is 399 g/mol. The molecule has 2 aliphatic rings. The van der Waals surface area contributed by atoms with Gasteiger partial charge in [-0.25, -0.2) is 0 Å². The van der Waals surface area contributed by atoms with Crippen LogP contribution in [0.15, 0.2) is 0 Å². The lowest BCUT2D eigenvalue weighted by Crippen LogP contribution is -2.40. The summed E-state index contributed by atoms with van der Waals surface area (Å²) in [5.41, 5.74) is -1.03. The van der Waals surface area contributed by atoms with E-state index in [0.29, 0.717) is 11.8 Å². The minimum absolute atomic E-state index is 0.402. The van der Waals surface area contributed by atoms with Crippen molar-refractivity contribution < 1.29 is 28.8 Å². The molecule has 28 heavy (non-hydrogen) atoms. The molecule has 0 heterocycles. The smallest absolute Gasteiger partial charge is 0.425 e. The lowest BCUT2D eigenvalue weighted by atomic mass is 9.79. The Morgan fingerprint density at radius 2 is 0.964 bits per heavy atom. The van der Waals surface area contributed by atoms with Gasteiger partial charge in [-0.15, -0.1) is 0 Å². The van der Waals surface area contributed by atoms with Gasteiger partial charge in [0.2, 0.25) is 0 Å². The van der Waals surface area contributed by atoms with Crippen LogP contribution in [-0.4, -0.2) is 23.5 Å². The first-order valence-corrected chi connectivity index (χ1v) is 11.0. The zero-order valence-electron chi connectivity index (χ0n) is 18.1. The van der Waals surface area contributed by atoms with E-state index in [1.54, 1.807) is 0 Å². The minimum atomic E-state index is -0.957. The Hall–Kier alpha value is -1.46. The summed E-state index contributed by atoms with van der Waals surface area (Å²) in [5.74, 6) is 0.804. The monoisotopic (exact) mass is 398 g/mol. The van der Waals surface area contributed by atoms with Gasteiger partial charge in [-0.2, -0.15) is 19.4 Å². The van der Waals surface area contributed by atoms with Crippen LogP contribution in [0.4, 0.5) is 9.59 Å². The van der Waals surface area contributed by atoms with E-state index < -0.39 is 23.5 Å². The van der Waals surface area contributed by atoms with E-state index in [4.69, 9.17) is 9.47 Å². The molecular weight excluding hydrogens is 360 g/mol. The Morgan fingerprint density at radius 3 is 1.25 bits per heavy atom. The molecule has 0 aromatic rings. The van der Waals surface area contributed by atoms with Crippen LogP contribution in [0.25, 0.3) is 0 Å². The maximum absolute atomic E-state index is 12.2. The van der Waals surface area contributed by atoms with Crippen molar-refractivity contribution >= 4 is 12.3 Å². The number of rotatable bonds is 6. The molecule has 0 N–H and O–H groups in total. The molecule has 0 bridgehead atoms. The van der Waals surface area contributed by atoms with Crippen LogP contribution in [-0.2, 0) is 19.2 Å². The summed E-state index contributed by atoms with van der Waals surface area (Å²) in [6.45, 7) is 8.43. The third-order valence-corrected chi connectivity index (χ3v) is 5.87. The number of carbonyl (C=O) groups excluding carboxylic acids is 2. The Morgan fingerprint density at radius 1 is 0.643 bits per heavy atom. The average Bonchev–Trinajstić information content (AvgIpc) is 2.60. The predicted molar refractivity (Wildman–Crippen MR) is 106 cm³/mol. The third-order valence-electron chi connectivity index (χ3n) is 5.87. The van der Waals surface area contributed by atoms with Gasteiger partial charge in [-0.1, -0.05) is 40.5 Å². The SMILES string of the molecule is CC(C)CC1(OC(=O)OOC(=O)OC2(CC(C)C)CCCCC2)CCCCC1. The van der Waals surface area contributed by atoms with Gasteiger partial charge >= 0.3 is 12.3 Å². The maximum atomic E-state index is 12.2. The second-order valence-corrected chi connectivity index (χ2v) is 9.55. The van der Waals surface area contributed by atoms with E-state index in [1.165, 1.54) is 0 Å². The van der Waals surface area contributed by atoms with Gasteiger partial charge in [-0.05, 0) is 76.0 Å². The fraction of sp³-hybridized carbons (Fsp3) is 0.909. The van der Waals surface area contributed by atoms with Crippen molar-refractivity contribution in [2.75, 3.05) is 0 Å². The summed E-state index contributed by atoms with van der Waals surface area (Å²) < 4.78 is 11.3. The Labute approximate surface area is 169 Å². The van der Waals surface area contributed by atoms with Gasteiger partial charge in [0, 0.05) is 0 Å². The van der Waals surface area contributed by atoms with Crippen LogP contribution >= 0.6 is 0 Å². The van der Waals surface area contributed by atoms with Gasteiger partial charge in [0.05, 0.1) is 0 Å². The summed E-state index contributed by atoms with van der Waals surface area (Å²) in [6.07, 6.45) is 9.35. The zero-order chi connectivity index (χ0) is 20.6. The van der Waals surface area contributed by atoms with E-state index in [2.05, 4.69) is 37.5 Å². The van der Waals surface area contributed by atoms with Crippen LogP contribution in [0.2, 0.25) is 0 Å². The molecule has 6 nitrogen and oxygen atoms in total. The maximum Gasteiger partial charge on any atom is 0.550 e. The van der Waals surface area contributed by atoms with Gasteiger partial charge in [0.15, 0.2) is 0 Å². The van der Waals surface area contributed by atoms with Crippen LogP contribution in [0, 0.1) is 11.8 Å². The molecule has 0 amide bonds. The lowest BCUT2D eigenvalue weighted by Gasteiger charge is -2.37. The van der Waals surface area contributed by atoms with Crippen molar-refractivity contribution in [1.82, 2.24) is 0 Å². The van der Waals surface area contributed by atoms with Gasteiger partial charge in [-0.3, -0.25) is 0 Å². The molecule has 0 aromatic heterocycles. The number of hydrogen-bond donors (Lipinski definition) is 0. The molecule has 0 unspecified atom stereocenters. The molecule has 0 radical (unpaired) electrons. The first-order chi connectivity index (χ1) is 13.2. The molecule has 0 aromatic carbocycles. The fourth-order valence-electron chi connectivity index (χ4n) is 5.03. The van der Waals surface area contributed by atoms with Crippen LogP contribution in [0.3, 0.4) is 0 Å². The molecule has 162 valence electrons. The highest BCUT2D eigenvalue weighted by atomic mass is 17.3. The summed E-state index contributed by atoms with van der Waals surface area (Å²) in [5, 5.41) is 0. The third kappa shape index (κ3) is 7.17. The molecule has 0 aliphatic heterocycles. The van der Waals surface area contributed by atoms with Gasteiger partial charge < -0.3 is 9.47 Å². The molecule has 2 aliphatic carbocycles. The highest BCUT2D eigenvalue weighted by Crippen LogP contribution is 2.38. The second-order valence-electron chi connectivity index (χ2n) is 9.55. The number of hydrogen-bond acceptors (Lipinski definition) is 6. The molecule has 2 rings (SSSR count). The Bertz CT molecular complexity index is 455. The Kier molecular flexibility index (Phi) is 8.44. The highest BCUT2D eigenvalue weighted by molar-refractivity contribution is 5.64. The fourth-order valence-corrected chi connectivity index (χ4v) is 5.03. The van der Waals surface area contributed by atoms with E-state index in [0.717, 1.165) is 77.0 Å². The molecule has 0 atom stereocenters. The predicted octanol–water partition coefficient (Wildman–Crippen LogP) is 6.71. The lowest BCUT2D eigenvalue weighted by molar-refractivity contribution is -0.241. The highest BCUT2D eigenvalue weighted by Gasteiger charge is 2.39. The van der Waals surface area contributed by atoms with E-state index in [-0.39, 0.29) is 0 Å². The van der Waals surface area contributed by atoms with Crippen LogP contribution < -0.4 is 0 Å². The van der Waals surface area contributed by atoms with Crippen molar-refractivity contribution in [3.05, 3.63) is 0 Å². The van der Waals surface area contributed by atoms with E-state index in [9.17, 15) is 9.59 Å². The second kappa shape index (κ2) is 10.4. The number of ether oxygens (including phenoxy) is 2. The molecule has 6 heteroatoms. The molecule has 0 spiro atoms. The topological polar surface area (TPSA) is 71.1 Å². The minimum Gasteiger partial charge on any atom is -0.425 e. The molecule has 0 saturated heterocycles. The summed E-state index contributed by atoms with van der Waals surface area (Å²) in [6, 6.07) is 0. The first-order valence-electron chi connectivity index (χ1n) is 11.0. The Balaban J connectivity index is 1.85. The largest absolute Gasteiger partial charge is 0.550 e. The first kappa shape index (κ1) is 22.8. The quantitative estimate of drug-likeness (QED) is 0.281. The summed E-state index contributed by atoms with van der Waals surface area (Å²) >= 11 is 0. The normalized spacial score (nSPS) is 21.2. The van der Waals surface area contributed by atoms with Gasteiger partial charge in [0.1, 0.15) is 11.2 Å². The summed E-state index contributed by atoms with van der Waals surface area (Å²) in [7, 11) is 0. The standard InChI is InChI=1S/C22H38O6/c1-17(2)15-21(11-7-5-8-12-21)25-19(23)27-28-20(24)26-22(16-18(3)4)13-9-6-10-14-22/h17-18H,5-16H2,1-4H3. The van der Waals surface area contributed by atoms with Crippen molar-refractivity contribution in [3.63, 3.8) is 0 Å². The molecular formula is C22H38O6. The van der Waals surface area contributed by atoms with Crippen molar-refractivity contribution in [1.29, 1.82) is 0 Å². The van der Waals surface area contributed by atoms with Crippen LogP contribution in [0.5, 0.6) is 0 Å². The van der Waals surface area contributed by atoms with E-state index >= 15 is 0 Å². The van der Waals surface area contributed by atoms with Crippen molar-refractivity contribution in [2.24, 2.45) is 11.8 Å². The van der Waals surface area contributed by atoms with Crippen LogP contribution in [0.1, 0.15) is 105 Å². The van der Waals surface area contributed by atoms with Crippen molar-refractivity contribution in [3.8, 4) is 0 Å². The number of carbonyl (C=O) groups is 2. The van der Waals surface area contributed by atoms with E-state index in [1.807, 2.05) is 0 Å². The zero-order valence-corrected chi connectivity index (χ0v) is 18.1. The molecule has 2 fully saturated rings. The van der Waals surface area contributed by atoms with Crippen molar-refractivity contribution in [2.45, 2.75) is 116 Å². The molecule has 2 saturated carbocycles.